The van der Waals surface area contributed by atoms with Gasteiger partial charge in [0.05, 0.1) is 4.90 Å². The van der Waals surface area contributed by atoms with Crippen LogP contribution in [0, 0.1) is 0 Å². The highest BCUT2D eigenvalue weighted by atomic mass is 35.5. The molecule has 2 aliphatic rings. The Bertz CT molecular complexity index is 909. The van der Waals surface area contributed by atoms with Crippen molar-refractivity contribution in [1.82, 2.24) is 14.3 Å². The zero-order chi connectivity index (χ0) is 18.9. The van der Waals surface area contributed by atoms with Crippen LogP contribution in [0.2, 0.25) is 5.02 Å². The molecule has 0 bridgehead atoms. The summed E-state index contributed by atoms with van der Waals surface area (Å²) in [6.07, 6.45) is 4.13. The van der Waals surface area contributed by atoms with Gasteiger partial charge in [0.1, 0.15) is 5.82 Å². The maximum atomic E-state index is 12.8. The third kappa shape index (κ3) is 3.88. The van der Waals surface area contributed by atoms with Crippen LogP contribution < -0.4 is 9.80 Å². The number of anilines is 2. The average Bonchev–Trinajstić information content (AvgIpc) is 3.23. The van der Waals surface area contributed by atoms with E-state index in [1.165, 1.54) is 23.2 Å². The normalized spacial score (nSPS) is 18.9. The van der Waals surface area contributed by atoms with Gasteiger partial charge in [-0.25, -0.2) is 13.4 Å². The first-order valence-corrected chi connectivity index (χ1v) is 10.9. The van der Waals surface area contributed by atoms with Crippen LogP contribution in [-0.4, -0.2) is 62.0 Å². The summed E-state index contributed by atoms with van der Waals surface area (Å²) in [6, 6.07) is 8.30. The van der Waals surface area contributed by atoms with E-state index in [1.54, 1.807) is 24.4 Å². The molecule has 2 aliphatic heterocycles. The molecule has 1 aromatic heterocycles. The minimum absolute atomic E-state index is 0.238. The first kappa shape index (κ1) is 18.5. The Morgan fingerprint density at radius 3 is 2.37 bits per heavy atom. The molecule has 0 radical (unpaired) electrons. The van der Waals surface area contributed by atoms with E-state index in [4.69, 9.17) is 16.6 Å². The summed E-state index contributed by atoms with van der Waals surface area (Å²) < 4.78 is 27.2. The molecule has 0 N–H and O–H groups in total. The smallest absolute Gasteiger partial charge is 0.243 e. The number of hydrogen-bond acceptors (Lipinski definition) is 6. The zero-order valence-corrected chi connectivity index (χ0v) is 16.5. The van der Waals surface area contributed by atoms with Crippen LogP contribution in [0.4, 0.5) is 11.8 Å². The number of hydrogen-bond donors (Lipinski definition) is 0. The molecule has 0 amide bonds. The highest BCUT2D eigenvalue weighted by Crippen LogP contribution is 2.23. The SMILES string of the molecule is O=S(=O)(c1cccc(Cl)c1)N1CCN(c2ccnc(N3CCCC3)n2)CC1. The second-order valence-corrected chi connectivity index (χ2v) is 9.13. The molecule has 27 heavy (non-hydrogen) atoms. The van der Waals surface area contributed by atoms with Crippen LogP contribution in [0.1, 0.15) is 12.8 Å². The van der Waals surface area contributed by atoms with E-state index in [9.17, 15) is 8.42 Å². The molecule has 1 aromatic carbocycles. The molecular weight excluding hydrogens is 386 g/mol. The fraction of sp³-hybridized carbons (Fsp3) is 0.444. The fourth-order valence-corrected chi connectivity index (χ4v) is 5.24. The molecule has 0 spiro atoms. The van der Waals surface area contributed by atoms with E-state index >= 15 is 0 Å². The topological polar surface area (TPSA) is 69.6 Å². The molecule has 3 heterocycles. The zero-order valence-electron chi connectivity index (χ0n) is 15.0. The Kier molecular flexibility index (Phi) is 5.21. The monoisotopic (exact) mass is 407 g/mol. The summed E-state index contributed by atoms with van der Waals surface area (Å²) in [7, 11) is -3.53. The molecule has 144 valence electrons. The van der Waals surface area contributed by atoms with Crippen LogP contribution in [0.15, 0.2) is 41.4 Å². The van der Waals surface area contributed by atoms with Gasteiger partial charge in [-0.15, -0.1) is 0 Å². The molecule has 2 saturated heterocycles. The number of rotatable bonds is 4. The number of aromatic nitrogens is 2. The maximum Gasteiger partial charge on any atom is 0.243 e. The second-order valence-electron chi connectivity index (χ2n) is 6.76. The molecule has 0 unspecified atom stereocenters. The quantitative estimate of drug-likeness (QED) is 0.774. The third-order valence-electron chi connectivity index (χ3n) is 5.01. The Morgan fingerprint density at radius 1 is 0.926 bits per heavy atom. The van der Waals surface area contributed by atoms with Crippen molar-refractivity contribution < 1.29 is 8.42 Å². The van der Waals surface area contributed by atoms with E-state index in [2.05, 4.69) is 14.8 Å². The van der Waals surface area contributed by atoms with E-state index in [-0.39, 0.29) is 4.90 Å². The van der Waals surface area contributed by atoms with Gasteiger partial charge >= 0.3 is 0 Å². The van der Waals surface area contributed by atoms with Gasteiger partial charge < -0.3 is 9.80 Å². The molecule has 0 aliphatic carbocycles. The predicted molar refractivity (Wildman–Crippen MR) is 106 cm³/mol. The largest absolute Gasteiger partial charge is 0.354 e. The van der Waals surface area contributed by atoms with Crippen molar-refractivity contribution in [2.75, 3.05) is 49.1 Å². The number of sulfonamides is 1. The molecule has 4 rings (SSSR count). The first-order valence-electron chi connectivity index (χ1n) is 9.13. The second kappa shape index (κ2) is 7.61. The lowest BCUT2D eigenvalue weighted by Gasteiger charge is -2.34. The van der Waals surface area contributed by atoms with Gasteiger partial charge in [-0.3, -0.25) is 0 Å². The van der Waals surface area contributed by atoms with Crippen molar-refractivity contribution in [2.24, 2.45) is 0 Å². The molecular formula is C18H22ClN5O2S. The number of benzene rings is 1. The van der Waals surface area contributed by atoms with Crippen molar-refractivity contribution in [3.05, 3.63) is 41.6 Å². The van der Waals surface area contributed by atoms with Gasteiger partial charge in [-0.05, 0) is 37.1 Å². The highest BCUT2D eigenvalue weighted by molar-refractivity contribution is 7.89. The van der Waals surface area contributed by atoms with Crippen molar-refractivity contribution in [3.63, 3.8) is 0 Å². The maximum absolute atomic E-state index is 12.8. The minimum Gasteiger partial charge on any atom is -0.354 e. The lowest BCUT2D eigenvalue weighted by atomic mass is 10.3. The van der Waals surface area contributed by atoms with Crippen LogP contribution in [0.25, 0.3) is 0 Å². The number of nitrogens with zero attached hydrogens (tertiary/aromatic N) is 5. The molecule has 2 fully saturated rings. The van der Waals surface area contributed by atoms with E-state index in [0.717, 1.165) is 24.9 Å². The standard InChI is InChI=1S/C18H22ClN5O2S/c19-15-4-3-5-16(14-15)27(25,26)24-12-10-22(11-13-24)17-6-7-20-18(21-17)23-8-1-2-9-23/h3-7,14H,1-2,8-13H2. The van der Waals surface area contributed by atoms with Crippen molar-refractivity contribution in [1.29, 1.82) is 0 Å². The van der Waals surface area contributed by atoms with Crippen LogP contribution in [0.5, 0.6) is 0 Å². The van der Waals surface area contributed by atoms with E-state index in [1.807, 2.05) is 6.07 Å². The van der Waals surface area contributed by atoms with Crippen LogP contribution in [-0.2, 0) is 10.0 Å². The summed E-state index contributed by atoms with van der Waals surface area (Å²) in [5.74, 6) is 1.62. The lowest BCUT2D eigenvalue weighted by Crippen LogP contribution is -2.49. The van der Waals surface area contributed by atoms with Crippen LogP contribution >= 0.6 is 11.6 Å². The Labute approximate surface area is 164 Å². The lowest BCUT2D eigenvalue weighted by molar-refractivity contribution is 0.384. The van der Waals surface area contributed by atoms with Crippen molar-refractivity contribution in [2.45, 2.75) is 17.7 Å². The fourth-order valence-electron chi connectivity index (χ4n) is 3.52. The van der Waals surface area contributed by atoms with E-state index in [0.29, 0.717) is 31.2 Å². The molecule has 0 atom stereocenters. The van der Waals surface area contributed by atoms with Gasteiger partial charge in [-0.1, -0.05) is 17.7 Å². The average molecular weight is 408 g/mol. The summed E-state index contributed by atoms with van der Waals surface area (Å²) in [5, 5.41) is 0.421. The predicted octanol–water partition coefficient (Wildman–Crippen LogP) is 2.24. The Balaban J connectivity index is 1.45. The summed E-state index contributed by atoms with van der Waals surface area (Å²) >= 11 is 5.95. The number of halogens is 1. The number of piperazine rings is 1. The molecule has 0 saturated carbocycles. The van der Waals surface area contributed by atoms with Crippen molar-refractivity contribution >= 4 is 33.4 Å². The molecule has 9 heteroatoms. The van der Waals surface area contributed by atoms with E-state index < -0.39 is 10.0 Å². The highest BCUT2D eigenvalue weighted by Gasteiger charge is 2.29. The molecule has 2 aromatic rings. The summed E-state index contributed by atoms with van der Waals surface area (Å²) in [4.78, 5) is 13.6. The minimum atomic E-state index is -3.53. The van der Waals surface area contributed by atoms with Gasteiger partial charge in [0.25, 0.3) is 0 Å². The Hall–Kier alpha value is -1.90. The van der Waals surface area contributed by atoms with Crippen LogP contribution in [0.3, 0.4) is 0 Å². The molecule has 7 nitrogen and oxygen atoms in total. The van der Waals surface area contributed by atoms with Gasteiger partial charge in [0.2, 0.25) is 16.0 Å². The first-order chi connectivity index (χ1) is 13.0. The summed E-state index contributed by atoms with van der Waals surface area (Å²) in [6.45, 7) is 4.01. The van der Waals surface area contributed by atoms with Gasteiger partial charge in [0.15, 0.2) is 0 Å². The third-order valence-corrected chi connectivity index (χ3v) is 7.14. The van der Waals surface area contributed by atoms with Crippen molar-refractivity contribution in [3.8, 4) is 0 Å². The van der Waals surface area contributed by atoms with Gasteiger partial charge in [-0.2, -0.15) is 9.29 Å². The summed E-state index contributed by atoms with van der Waals surface area (Å²) in [5.41, 5.74) is 0. The van der Waals surface area contributed by atoms with Gasteiger partial charge in [0, 0.05) is 50.5 Å². The Morgan fingerprint density at radius 2 is 1.67 bits per heavy atom.